The molecule has 3 unspecified atom stereocenters. The number of rotatable bonds is 4. The van der Waals surface area contributed by atoms with Gasteiger partial charge in [-0.1, -0.05) is 25.9 Å². The van der Waals surface area contributed by atoms with E-state index in [0.29, 0.717) is 16.4 Å². The Balaban J connectivity index is 1.85. The maximum absolute atomic E-state index is 5.74. The van der Waals surface area contributed by atoms with Crippen molar-refractivity contribution in [2.75, 3.05) is 24.6 Å². The number of hydrogen-bond acceptors (Lipinski definition) is 6. The Bertz CT molecular complexity index is 471. The monoisotopic (exact) mass is 327 g/mol. The van der Waals surface area contributed by atoms with Crippen LogP contribution in [0.25, 0.3) is 0 Å². The average molecular weight is 328 g/mol. The topological polar surface area (TPSA) is 51.0 Å². The van der Waals surface area contributed by atoms with Crippen molar-refractivity contribution < 1.29 is 4.52 Å². The van der Waals surface area contributed by atoms with Crippen molar-refractivity contribution in [1.82, 2.24) is 15.5 Å². The van der Waals surface area contributed by atoms with Gasteiger partial charge in [-0.2, -0.15) is 16.7 Å². The fourth-order valence-corrected chi connectivity index (χ4v) is 6.31. The van der Waals surface area contributed by atoms with E-state index in [1.807, 2.05) is 11.8 Å². The van der Waals surface area contributed by atoms with E-state index in [-0.39, 0.29) is 5.41 Å². The Labute approximate surface area is 135 Å². The lowest BCUT2D eigenvalue weighted by Crippen LogP contribution is -2.35. The molecule has 2 aliphatic rings. The van der Waals surface area contributed by atoms with Crippen LogP contribution in [-0.2, 0) is 5.41 Å². The lowest BCUT2D eigenvalue weighted by molar-refractivity contribution is 0.234. The first-order chi connectivity index (χ1) is 10.2. The first-order valence-corrected chi connectivity index (χ1v) is 10.0. The molecule has 3 heterocycles. The third-order valence-electron chi connectivity index (χ3n) is 4.87. The van der Waals surface area contributed by atoms with Crippen molar-refractivity contribution in [3.8, 4) is 0 Å². The Morgan fingerprint density at radius 3 is 2.86 bits per heavy atom. The average Bonchev–Trinajstić information content (AvgIpc) is 3.16. The highest BCUT2D eigenvalue weighted by Gasteiger charge is 2.44. The largest absolute Gasteiger partial charge is 0.339 e. The van der Waals surface area contributed by atoms with Crippen LogP contribution in [0.1, 0.15) is 50.6 Å². The van der Waals surface area contributed by atoms with Crippen LogP contribution in [0.15, 0.2) is 4.52 Å². The molecule has 1 aromatic heterocycles. The summed E-state index contributed by atoms with van der Waals surface area (Å²) in [5.41, 5.74) is 0.0272. The fourth-order valence-electron chi connectivity index (χ4n) is 3.33. The third kappa shape index (κ3) is 2.86. The third-order valence-corrected chi connectivity index (χ3v) is 8.11. The molecule has 2 fully saturated rings. The van der Waals surface area contributed by atoms with Crippen molar-refractivity contribution in [3.05, 3.63) is 11.7 Å². The van der Waals surface area contributed by atoms with Crippen molar-refractivity contribution in [2.24, 2.45) is 5.92 Å². The molecule has 2 saturated heterocycles. The van der Waals surface area contributed by atoms with E-state index in [9.17, 15) is 0 Å². The van der Waals surface area contributed by atoms with Gasteiger partial charge in [0.05, 0.1) is 10.7 Å². The number of nitrogens with zero attached hydrogens (tertiary/aromatic N) is 2. The normalized spacial score (nSPS) is 33.7. The molecule has 1 aromatic rings. The van der Waals surface area contributed by atoms with Gasteiger partial charge in [0.25, 0.3) is 0 Å². The summed E-state index contributed by atoms with van der Waals surface area (Å²) in [6.45, 7) is 8.78. The number of aromatic nitrogens is 2. The molecule has 0 aromatic carbocycles. The zero-order valence-electron chi connectivity index (χ0n) is 13.1. The predicted molar refractivity (Wildman–Crippen MR) is 90.0 cm³/mol. The van der Waals surface area contributed by atoms with Gasteiger partial charge in [-0.3, -0.25) is 0 Å². The second-order valence-electron chi connectivity index (χ2n) is 6.30. The second-order valence-corrected chi connectivity index (χ2v) is 8.90. The van der Waals surface area contributed by atoms with Crippen LogP contribution in [0.3, 0.4) is 0 Å². The molecule has 1 N–H and O–H groups in total. The van der Waals surface area contributed by atoms with E-state index in [4.69, 9.17) is 9.51 Å². The summed E-state index contributed by atoms with van der Waals surface area (Å²) in [5, 5.41) is 8.84. The molecule has 3 rings (SSSR count). The molecule has 118 valence electrons. The Morgan fingerprint density at radius 1 is 1.38 bits per heavy atom. The van der Waals surface area contributed by atoms with E-state index < -0.39 is 0 Å². The van der Waals surface area contributed by atoms with Gasteiger partial charge in [-0.05, 0) is 25.3 Å². The quantitative estimate of drug-likeness (QED) is 0.916. The number of nitrogens with one attached hydrogen (secondary N) is 1. The smallest absolute Gasteiger partial charge is 0.234 e. The zero-order chi connectivity index (χ0) is 14.9. The fraction of sp³-hybridized carbons (Fsp3) is 0.867. The van der Waals surface area contributed by atoms with Gasteiger partial charge in [-0.25, -0.2) is 0 Å². The van der Waals surface area contributed by atoms with Crippen molar-refractivity contribution >= 4 is 23.5 Å². The zero-order valence-corrected chi connectivity index (χ0v) is 14.7. The summed E-state index contributed by atoms with van der Waals surface area (Å²) >= 11 is 4.05. The van der Waals surface area contributed by atoms with E-state index in [0.717, 1.165) is 31.2 Å². The van der Waals surface area contributed by atoms with Gasteiger partial charge in [0, 0.05) is 23.3 Å². The molecule has 4 nitrogen and oxygen atoms in total. The van der Waals surface area contributed by atoms with Crippen molar-refractivity contribution in [2.45, 2.75) is 49.5 Å². The summed E-state index contributed by atoms with van der Waals surface area (Å²) in [6.07, 6.45) is 2.26. The SMILES string of the molecule is CCC1SCCSC1c1noc(C2(C(C)C)CCNC2)n1. The predicted octanol–water partition coefficient (Wildman–Crippen LogP) is 3.26. The molecule has 3 atom stereocenters. The first kappa shape index (κ1) is 15.7. The summed E-state index contributed by atoms with van der Waals surface area (Å²) in [4.78, 5) is 4.86. The molecule has 2 aliphatic heterocycles. The van der Waals surface area contributed by atoms with Gasteiger partial charge < -0.3 is 9.84 Å². The summed E-state index contributed by atoms with van der Waals surface area (Å²) < 4.78 is 5.74. The van der Waals surface area contributed by atoms with Gasteiger partial charge in [0.1, 0.15) is 0 Å². The van der Waals surface area contributed by atoms with Gasteiger partial charge in [0.2, 0.25) is 5.89 Å². The van der Waals surface area contributed by atoms with Crippen molar-refractivity contribution in [1.29, 1.82) is 0 Å². The van der Waals surface area contributed by atoms with Crippen LogP contribution >= 0.6 is 23.5 Å². The minimum Gasteiger partial charge on any atom is -0.339 e. The maximum Gasteiger partial charge on any atom is 0.234 e. The van der Waals surface area contributed by atoms with Gasteiger partial charge in [0.15, 0.2) is 5.82 Å². The minimum atomic E-state index is 0.0272. The molecule has 6 heteroatoms. The van der Waals surface area contributed by atoms with Crippen LogP contribution < -0.4 is 5.32 Å². The molecular weight excluding hydrogens is 302 g/mol. The lowest BCUT2D eigenvalue weighted by atomic mass is 9.76. The Hall–Kier alpha value is -0.200. The molecule has 0 radical (unpaired) electrons. The van der Waals surface area contributed by atoms with Crippen LogP contribution in [0, 0.1) is 5.92 Å². The molecule has 0 bridgehead atoms. The highest BCUT2D eigenvalue weighted by Crippen LogP contribution is 2.44. The molecule has 21 heavy (non-hydrogen) atoms. The van der Waals surface area contributed by atoms with E-state index in [1.165, 1.54) is 17.9 Å². The molecule has 0 aliphatic carbocycles. The second kappa shape index (κ2) is 6.50. The summed E-state index contributed by atoms with van der Waals surface area (Å²) in [7, 11) is 0. The summed E-state index contributed by atoms with van der Waals surface area (Å²) in [6, 6.07) is 0. The Kier molecular flexibility index (Phi) is 4.86. The van der Waals surface area contributed by atoms with E-state index in [2.05, 4.69) is 43.0 Å². The standard InChI is InChI=1S/C15H25N3OS2/c1-4-11-12(21-8-7-20-11)13-17-14(19-18-13)15(10(2)3)5-6-16-9-15/h10-12,16H,4-9H2,1-3H3. The van der Waals surface area contributed by atoms with Crippen LogP contribution in [-0.4, -0.2) is 40.0 Å². The molecular formula is C15H25N3OS2. The molecule has 0 saturated carbocycles. The number of thioether (sulfide) groups is 2. The van der Waals surface area contributed by atoms with Crippen molar-refractivity contribution in [3.63, 3.8) is 0 Å². The van der Waals surface area contributed by atoms with Crippen LogP contribution in [0.4, 0.5) is 0 Å². The maximum atomic E-state index is 5.74. The van der Waals surface area contributed by atoms with E-state index >= 15 is 0 Å². The van der Waals surface area contributed by atoms with Crippen LogP contribution in [0.5, 0.6) is 0 Å². The highest BCUT2D eigenvalue weighted by atomic mass is 32.2. The highest BCUT2D eigenvalue weighted by molar-refractivity contribution is 8.06. The molecule has 0 spiro atoms. The number of hydrogen-bond donors (Lipinski definition) is 1. The molecule has 0 amide bonds. The van der Waals surface area contributed by atoms with E-state index in [1.54, 1.807) is 0 Å². The Morgan fingerprint density at radius 2 is 2.19 bits per heavy atom. The van der Waals surface area contributed by atoms with Crippen LogP contribution in [0.2, 0.25) is 0 Å². The van der Waals surface area contributed by atoms with Gasteiger partial charge in [-0.15, -0.1) is 11.8 Å². The minimum absolute atomic E-state index is 0.0272. The first-order valence-electron chi connectivity index (χ1n) is 7.95. The lowest BCUT2D eigenvalue weighted by Gasteiger charge is -2.29. The summed E-state index contributed by atoms with van der Waals surface area (Å²) in [5.74, 6) is 4.71. The van der Waals surface area contributed by atoms with Gasteiger partial charge >= 0.3 is 0 Å².